The van der Waals surface area contributed by atoms with Gasteiger partial charge < -0.3 is 5.32 Å². The third kappa shape index (κ3) is 3.76. The zero-order valence-electron chi connectivity index (χ0n) is 13.6. The lowest BCUT2D eigenvalue weighted by atomic mass is 10.1. The Morgan fingerprint density at radius 1 is 1.11 bits per heavy atom. The molecule has 2 aromatic carbocycles. The van der Waals surface area contributed by atoms with Crippen LogP contribution in [0.25, 0.3) is 0 Å². The second-order valence-electron chi connectivity index (χ2n) is 5.68. The molecule has 0 bridgehead atoms. The quantitative estimate of drug-likeness (QED) is 0.463. The molecule has 8 nitrogen and oxygen atoms in total. The summed E-state index contributed by atoms with van der Waals surface area (Å²) in [6.07, 6.45) is -0.191. The zero-order chi connectivity index (χ0) is 19.7. The number of fused-ring (bicyclic) bond motifs is 1. The average Bonchev–Trinajstić information content (AvgIpc) is 2.83. The van der Waals surface area contributed by atoms with Gasteiger partial charge in [0.1, 0.15) is 5.56 Å². The fourth-order valence-corrected chi connectivity index (χ4v) is 3.26. The van der Waals surface area contributed by atoms with Crippen LogP contribution in [-0.2, 0) is 4.79 Å². The molecule has 3 rings (SSSR count). The van der Waals surface area contributed by atoms with Crippen LogP contribution >= 0.6 is 23.2 Å². The lowest BCUT2D eigenvalue weighted by Crippen LogP contribution is -2.33. The number of carbonyl (C=O) groups is 3. The Kier molecular flexibility index (Phi) is 5.11. The van der Waals surface area contributed by atoms with Crippen molar-refractivity contribution in [2.24, 2.45) is 0 Å². The van der Waals surface area contributed by atoms with E-state index < -0.39 is 28.3 Å². The Balaban J connectivity index is 1.71. The Hall–Kier alpha value is -2.97. The van der Waals surface area contributed by atoms with Gasteiger partial charge in [0, 0.05) is 34.8 Å². The summed E-state index contributed by atoms with van der Waals surface area (Å²) in [6.45, 7) is -0.219. The average molecular weight is 408 g/mol. The van der Waals surface area contributed by atoms with E-state index in [4.69, 9.17) is 23.2 Å². The molecule has 0 saturated carbocycles. The molecule has 1 N–H and O–H groups in total. The molecule has 3 amide bonds. The number of nitrogens with zero attached hydrogens (tertiary/aromatic N) is 2. The number of hydrogen-bond donors (Lipinski definition) is 1. The molecule has 0 spiro atoms. The summed E-state index contributed by atoms with van der Waals surface area (Å²) in [5, 5.41) is 14.3. The Morgan fingerprint density at radius 2 is 1.78 bits per heavy atom. The first kappa shape index (κ1) is 18.8. The summed E-state index contributed by atoms with van der Waals surface area (Å²) in [5.41, 5.74) is -0.368. The first-order valence-corrected chi connectivity index (χ1v) is 8.43. The maximum atomic E-state index is 12.4. The van der Waals surface area contributed by atoms with E-state index in [9.17, 15) is 24.5 Å². The van der Waals surface area contributed by atoms with Crippen molar-refractivity contribution in [3.8, 4) is 0 Å². The van der Waals surface area contributed by atoms with Gasteiger partial charge in [0.2, 0.25) is 5.91 Å². The number of rotatable bonds is 5. The number of imide groups is 1. The fourth-order valence-electron chi connectivity index (χ4n) is 2.73. The van der Waals surface area contributed by atoms with Crippen molar-refractivity contribution in [1.29, 1.82) is 0 Å². The molecule has 1 heterocycles. The number of carbonyl (C=O) groups excluding carboxylic acids is 3. The second-order valence-corrected chi connectivity index (χ2v) is 6.55. The molecule has 1 aliphatic heterocycles. The first-order chi connectivity index (χ1) is 12.8. The monoisotopic (exact) mass is 407 g/mol. The Labute approximate surface area is 162 Å². The summed E-state index contributed by atoms with van der Waals surface area (Å²) >= 11 is 11.7. The minimum atomic E-state index is -0.791. The van der Waals surface area contributed by atoms with Gasteiger partial charge in [0.25, 0.3) is 17.5 Å². The number of hydrogen-bond acceptors (Lipinski definition) is 5. The van der Waals surface area contributed by atoms with Crippen LogP contribution in [0.3, 0.4) is 0 Å². The van der Waals surface area contributed by atoms with Crippen LogP contribution in [0.5, 0.6) is 0 Å². The summed E-state index contributed by atoms with van der Waals surface area (Å²) < 4.78 is 0. The normalized spacial score (nSPS) is 12.9. The van der Waals surface area contributed by atoms with E-state index in [-0.39, 0.29) is 24.1 Å². The number of amides is 3. The minimum absolute atomic E-state index is 0.0452. The molecule has 10 heteroatoms. The molecule has 138 valence electrons. The predicted octanol–water partition coefficient (Wildman–Crippen LogP) is 3.53. The molecule has 1 aliphatic rings. The molecule has 0 aliphatic carbocycles. The van der Waals surface area contributed by atoms with Crippen molar-refractivity contribution in [2.75, 3.05) is 11.9 Å². The van der Waals surface area contributed by atoms with Crippen molar-refractivity contribution in [3.63, 3.8) is 0 Å². The van der Waals surface area contributed by atoms with Gasteiger partial charge in [-0.25, -0.2) is 0 Å². The molecule has 0 fully saturated rings. The van der Waals surface area contributed by atoms with Crippen LogP contribution in [0, 0.1) is 10.1 Å². The molecular weight excluding hydrogens is 397 g/mol. The molecule has 0 saturated heterocycles. The van der Waals surface area contributed by atoms with E-state index in [2.05, 4.69) is 5.32 Å². The van der Waals surface area contributed by atoms with Crippen LogP contribution in [0.15, 0.2) is 36.4 Å². The van der Waals surface area contributed by atoms with Gasteiger partial charge in [0.05, 0.1) is 10.5 Å². The second kappa shape index (κ2) is 7.34. The maximum absolute atomic E-state index is 12.4. The summed E-state index contributed by atoms with van der Waals surface area (Å²) in [5.74, 6) is -1.93. The third-order valence-electron chi connectivity index (χ3n) is 3.88. The maximum Gasteiger partial charge on any atom is 0.282 e. The van der Waals surface area contributed by atoms with Crippen LogP contribution in [0.4, 0.5) is 11.4 Å². The highest BCUT2D eigenvalue weighted by atomic mass is 35.5. The van der Waals surface area contributed by atoms with Gasteiger partial charge >= 0.3 is 0 Å². The van der Waals surface area contributed by atoms with E-state index in [1.54, 1.807) is 0 Å². The highest BCUT2D eigenvalue weighted by Crippen LogP contribution is 2.30. The van der Waals surface area contributed by atoms with E-state index in [1.165, 1.54) is 30.3 Å². The third-order valence-corrected chi connectivity index (χ3v) is 4.32. The Bertz CT molecular complexity index is 972. The smallest absolute Gasteiger partial charge is 0.282 e. The lowest BCUT2D eigenvalue weighted by molar-refractivity contribution is -0.385. The molecule has 0 unspecified atom stereocenters. The van der Waals surface area contributed by atoms with Crippen LogP contribution in [0.2, 0.25) is 10.0 Å². The van der Waals surface area contributed by atoms with E-state index in [1.807, 2.05) is 0 Å². The largest absolute Gasteiger partial charge is 0.326 e. The number of nitro groups is 1. The van der Waals surface area contributed by atoms with Gasteiger partial charge in [-0.3, -0.25) is 29.4 Å². The van der Waals surface area contributed by atoms with Crippen LogP contribution < -0.4 is 5.32 Å². The highest BCUT2D eigenvalue weighted by molar-refractivity contribution is 6.35. The number of benzene rings is 2. The first-order valence-electron chi connectivity index (χ1n) is 7.67. The molecule has 0 aromatic heterocycles. The van der Waals surface area contributed by atoms with Crippen LogP contribution in [-0.4, -0.2) is 34.1 Å². The van der Waals surface area contributed by atoms with Gasteiger partial charge in [-0.2, -0.15) is 0 Å². The zero-order valence-corrected chi connectivity index (χ0v) is 15.1. The van der Waals surface area contributed by atoms with Crippen molar-refractivity contribution in [2.45, 2.75) is 6.42 Å². The van der Waals surface area contributed by atoms with Gasteiger partial charge in [-0.1, -0.05) is 29.3 Å². The lowest BCUT2D eigenvalue weighted by Gasteiger charge is -2.13. The predicted molar refractivity (Wildman–Crippen MR) is 98.2 cm³/mol. The summed E-state index contributed by atoms with van der Waals surface area (Å²) in [7, 11) is 0. The molecule has 0 atom stereocenters. The highest BCUT2D eigenvalue weighted by Gasteiger charge is 2.40. The van der Waals surface area contributed by atoms with Gasteiger partial charge in [-0.15, -0.1) is 0 Å². The number of nitro benzene ring substituents is 1. The van der Waals surface area contributed by atoms with Crippen molar-refractivity contribution >= 4 is 52.3 Å². The van der Waals surface area contributed by atoms with E-state index in [0.717, 1.165) is 11.0 Å². The Morgan fingerprint density at radius 3 is 2.41 bits per heavy atom. The molecule has 27 heavy (non-hydrogen) atoms. The van der Waals surface area contributed by atoms with Gasteiger partial charge in [-0.05, 0) is 24.3 Å². The molecule has 2 aromatic rings. The van der Waals surface area contributed by atoms with Crippen molar-refractivity contribution < 1.29 is 19.3 Å². The van der Waals surface area contributed by atoms with Crippen molar-refractivity contribution in [1.82, 2.24) is 4.90 Å². The number of anilines is 1. The standard InChI is InChI=1S/C17H11Cl2N3O5/c18-9-6-10(19)8-11(7-9)20-14(23)4-5-21-16(24)12-2-1-3-13(22(26)27)15(12)17(21)25/h1-3,6-8H,4-5H2,(H,20,23). The molecule has 0 radical (unpaired) electrons. The number of halogens is 2. The summed E-state index contributed by atoms with van der Waals surface area (Å²) in [6, 6.07) is 8.33. The van der Waals surface area contributed by atoms with E-state index >= 15 is 0 Å². The fraction of sp³-hybridized carbons (Fsp3) is 0.118. The summed E-state index contributed by atoms with van der Waals surface area (Å²) in [4.78, 5) is 48.1. The number of nitrogens with one attached hydrogen (secondary N) is 1. The van der Waals surface area contributed by atoms with Crippen LogP contribution in [0.1, 0.15) is 27.1 Å². The van der Waals surface area contributed by atoms with Crippen molar-refractivity contribution in [3.05, 3.63) is 67.7 Å². The van der Waals surface area contributed by atoms with E-state index in [0.29, 0.717) is 15.7 Å². The minimum Gasteiger partial charge on any atom is -0.326 e. The molecular formula is C17H11Cl2N3O5. The topological polar surface area (TPSA) is 110 Å². The van der Waals surface area contributed by atoms with Gasteiger partial charge in [0.15, 0.2) is 0 Å². The SMILES string of the molecule is O=C(CCN1C(=O)c2cccc([N+](=O)[O-])c2C1=O)Nc1cc(Cl)cc(Cl)c1.